The summed E-state index contributed by atoms with van der Waals surface area (Å²) in [5.41, 5.74) is 1.22. The summed E-state index contributed by atoms with van der Waals surface area (Å²) < 4.78 is 10.7. The topological polar surface area (TPSA) is 94.6 Å². The van der Waals surface area contributed by atoms with Crippen molar-refractivity contribution in [1.82, 2.24) is 0 Å². The van der Waals surface area contributed by atoms with Crippen LogP contribution in [0.2, 0.25) is 0 Å². The van der Waals surface area contributed by atoms with E-state index in [0.717, 1.165) is 0 Å². The highest BCUT2D eigenvalue weighted by atomic mass is 16.6. The van der Waals surface area contributed by atoms with Crippen molar-refractivity contribution in [3.8, 4) is 17.1 Å². The van der Waals surface area contributed by atoms with Crippen LogP contribution in [0.25, 0.3) is 17.4 Å². The molecule has 0 saturated carbocycles. The second kappa shape index (κ2) is 8.01. The number of rotatable bonds is 6. The Kier molecular flexibility index (Phi) is 5.32. The Morgan fingerprint density at radius 3 is 2.63 bits per heavy atom. The predicted octanol–water partition coefficient (Wildman–Crippen LogP) is 4.52. The molecule has 0 radical (unpaired) electrons. The van der Waals surface area contributed by atoms with Crippen molar-refractivity contribution in [3.05, 3.63) is 82.6 Å². The number of nitrogens with one attached hydrogen (secondary N) is 1. The number of nitro groups is 1. The monoisotopic (exact) mass is 364 g/mol. The Morgan fingerprint density at radius 1 is 1.15 bits per heavy atom. The molecule has 0 spiro atoms. The van der Waals surface area contributed by atoms with Gasteiger partial charge in [0.05, 0.1) is 12.0 Å². The van der Waals surface area contributed by atoms with E-state index in [-0.39, 0.29) is 11.6 Å². The summed E-state index contributed by atoms with van der Waals surface area (Å²) >= 11 is 0. The molecule has 7 nitrogen and oxygen atoms in total. The van der Waals surface area contributed by atoms with Gasteiger partial charge in [-0.1, -0.05) is 12.1 Å². The number of anilines is 1. The van der Waals surface area contributed by atoms with Crippen LogP contribution in [0.5, 0.6) is 5.75 Å². The third-order valence-corrected chi connectivity index (χ3v) is 3.72. The molecule has 1 heterocycles. The fourth-order valence-corrected chi connectivity index (χ4v) is 2.39. The lowest BCUT2D eigenvalue weighted by molar-refractivity contribution is -0.384. The van der Waals surface area contributed by atoms with Gasteiger partial charge in [-0.15, -0.1) is 0 Å². The summed E-state index contributed by atoms with van der Waals surface area (Å²) in [5.74, 6) is 1.33. The number of carbonyl (C=O) groups excluding carboxylic acids is 1. The second-order valence-electron chi connectivity index (χ2n) is 5.56. The van der Waals surface area contributed by atoms with Gasteiger partial charge in [0.25, 0.3) is 5.69 Å². The molecule has 27 heavy (non-hydrogen) atoms. The number of amides is 1. The minimum Gasteiger partial charge on any atom is -0.497 e. The molecule has 0 bridgehead atoms. The Hall–Kier alpha value is -3.87. The van der Waals surface area contributed by atoms with Crippen molar-refractivity contribution in [2.24, 2.45) is 0 Å². The van der Waals surface area contributed by atoms with Crippen LogP contribution in [0, 0.1) is 10.1 Å². The molecule has 1 N–H and O–H groups in total. The molecule has 0 atom stereocenters. The van der Waals surface area contributed by atoms with Gasteiger partial charge in [0.1, 0.15) is 17.3 Å². The van der Waals surface area contributed by atoms with Crippen LogP contribution in [0.4, 0.5) is 11.4 Å². The van der Waals surface area contributed by atoms with Crippen LogP contribution < -0.4 is 10.1 Å². The van der Waals surface area contributed by atoms with Gasteiger partial charge in [-0.05, 0) is 42.5 Å². The molecule has 0 unspecified atom stereocenters. The zero-order valence-electron chi connectivity index (χ0n) is 14.4. The lowest BCUT2D eigenvalue weighted by Gasteiger charge is -2.03. The quantitative estimate of drug-likeness (QED) is 0.394. The van der Waals surface area contributed by atoms with Gasteiger partial charge in [-0.25, -0.2) is 0 Å². The fourth-order valence-electron chi connectivity index (χ4n) is 2.39. The molecule has 3 aromatic rings. The lowest BCUT2D eigenvalue weighted by atomic mass is 10.1. The number of methoxy groups -OCH3 is 1. The number of non-ortho nitro benzene ring substituents is 1. The Balaban J connectivity index is 1.66. The van der Waals surface area contributed by atoms with Crippen molar-refractivity contribution < 1.29 is 18.9 Å². The molecular formula is C20H16N2O5. The number of nitro benzene ring substituents is 1. The lowest BCUT2D eigenvalue weighted by Crippen LogP contribution is -2.07. The highest BCUT2D eigenvalue weighted by molar-refractivity contribution is 6.01. The molecular weight excluding hydrogens is 348 g/mol. The van der Waals surface area contributed by atoms with E-state index in [4.69, 9.17) is 9.15 Å². The van der Waals surface area contributed by atoms with E-state index in [1.165, 1.54) is 24.3 Å². The first-order valence-electron chi connectivity index (χ1n) is 8.03. The minimum absolute atomic E-state index is 0.0140. The number of furan rings is 1. The van der Waals surface area contributed by atoms with Crippen LogP contribution in [0.15, 0.2) is 71.2 Å². The van der Waals surface area contributed by atoms with Crippen molar-refractivity contribution in [2.45, 2.75) is 0 Å². The van der Waals surface area contributed by atoms with Gasteiger partial charge in [0.2, 0.25) is 5.91 Å². The SMILES string of the molecule is COc1ccc(NC(=O)/C=C/c2ccc(-c3cccc([N+](=O)[O-])c3)o2)cc1. The number of hydrogen-bond acceptors (Lipinski definition) is 5. The zero-order chi connectivity index (χ0) is 19.2. The van der Waals surface area contributed by atoms with Gasteiger partial charge < -0.3 is 14.5 Å². The maximum absolute atomic E-state index is 12.0. The predicted molar refractivity (Wildman–Crippen MR) is 101 cm³/mol. The van der Waals surface area contributed by atoms with Crippen molar-refractivity contribution in [3.63, 3.8) is 0 Å². The number of nitrogens with zero attached hydrogens (tertiary/aromatic N) is 1. The van der Waals surface area contributed by atoms with E-state index in [1.54, 1.807) is 55.6 Å². The maximum Gasteiger partial charge on any atom is 0.270 e. The molecule has 3 rings (SSSR count). The van der Waals surface area contributed by atoms with Gasteiger partial charge in [0.15, 0.2) is 0 Å². The molecule has 0 aliphatic carbocycles. The van der Waals surface area contributed by atoms with Gasteiger partial charge >= 0.3 is 0 Å². The molecule has 0 saturated heterocycles. The van der Waals surface area contributed by atoms with Crippen LogP contribution in [0.1, 0.15) is 5.76 Å². The number of hydrogen-bond donors (Lipinski definition) is 1. The maximum atomic E-state index is 12.0. The smallest absolute Gasteiger partial charge is 0.270 e. The number of carbonyl (C=O) groups is 1. The number of ether oxygens (including phenoxy) is 1. The van der Waals surface area contributed by atoms with Crippen LogP contribution in [-0.2, 0) is 4.79 Å². The molecule has 1 amide bonds. The van der Waals surface area contributed by atoms with Crippen LogP contribution >= 0.6 is 0 Å². The molecule has 0 aliphatic heterocycles. The molecule has 7 heteroatoms. The third-order valence-electron chi connectivity index (χ3n) is 3.72. The summed E-state index contributed by atoms with van der Waals surface area (Å²) in [7, 11) is 1.57. The number of benzene rings is 2. The standard InChI is InChI=1S/C20H16N2O5/c1-26-17-7-5-15(6-8-17)21-20(23)12-10-18-9-11-19(27-18)14-3-2-4-16(13-14)22(24)25/h2-13H,1H3,(H,21,23)/b12-10+. The van der Waals surface area contributed by atoms with Crippen molar-refractivity contribution in [2.75, 3.05) is 12.4 Å². The highest BCUT2D eigenvalue weighted by Crippen LogP contribution is 2.26. The molecule has 136 valence electrons. The normalized spacial score (nSPS) is 10.7. The molecule has 1 aromatic heterocycles. The summed E-state index contributed by atoms with van der Waals surface area (Å²) in [6.07, 6.45) is 2.87. The average Bonchev–Trinajstić information content (AvgIpc) is 3.16. The Morgan fingerprint density at radius 2 is 1.93 bits per heavy atom. The van der Waals surface area contributed by atoms with E-state index in [1.807, 2.05) is 0 Å². The first kappa shape index (κ1) is 17.9. The first-order valence-corrected chi connectivity index (χ1v) is 8.03. The van der Waals surface area contributed by atoms with E-state index in [9.17, 15) is 14.9 Å². The first-order chi connectivity index (χ1) is 13.0. The van der Waals surface area contributed by atoms with E-state index < -0.39 is 4.92 Å². The molecule has 0 aliphatic rings. The molecule has 0 fully saturated rings. The third kappa shape index (κ3) is 4.60. The van der Waals surface area contributed by atoms with Gasteiger partial charge in [-0.2, -0.15) is 0 Å². The van der Waals surface area contributed by atoms with Gasteiger partial charge in [-0.3, -0.25) is 14.9 Å². The summed E-state index contributed by atoms with van der Waals surface area (Å²) in [6, 6.07) is 16.5. The largest absolute Gasteiger partial charge is 0.497 e. The van der Waals surface area contributed by atoms with E-state index in [0.29, 0.717) is 28.5 Å². The summed E-state index contributed by atoms with van der Waals surface area (Å²) in [5, 5.41) is 13.6. The Labute approximate surface area is 155 Å². The fraction of sp³-hybridized carbons (Fsp3) is 0.0500. The summed E-state index contributed by atoms with van der Waals surface area (Å²) in [6.45, 7) is 0. The average molecular weight is 364 g/mol. The van der Waals surface area contributed by atoms with Crippen molar-refractivity contribution in [1.29, 1.82) is 0 Å². The van der Waals surface area contributed by atoms with Crippen LogP contribution in [0.3, 0.4) is 0 Å². The Bertz CT molecular complexity index is 990. The molecule has 2 aromatic carbocycles. The van der Waals surface area contributed by atoms with E-state index >= 15 is 0 Å². The van der Waals surface area contributed by atoms with Crippen molar-refractivity contribution >= 4 is 23.4 Å². The van der Waals surface area contributed by atoms with E-state index in [2.05, 4.69) is 5.32 Å². The zero-order valence-corrected chi connectivity index (χ0v) is 14.4. The van der Waals surface area contributed by atoms with Crippen LogP contribution in [-0.4, -0.2) is 17.9 Å². The summed E-state index contributed by atoms with van der Waals surface area (Å²) in [4.78, 5) is 22.4. The highest BCUT2D eigenvalue weighted by Gasteiger charge is 2.09. The minimum atomic E-state index is -0.462. The van der Waals surface area contributed by atoms with Gasteiger partial charge in [0, 0.05) is 29.5 Å². The second-order valence-corrected chi connectivity index (χ2v) is 5.56.